The van der Waals surface area contributed by atoms with Crippen molar-refractivity contribution in [2.75, 3.05) is 11.9 Å². The summed E-state index contributed by atoms with van der Waals surface area (Å²) in [5, 5.41) is 6.06. The van der Waals surface area contributed by atoms with E-state index >= 15 is 0 Å². The van der Waals surface area contributed by atoms with Gasteiger partial charge in [0.25, 0.3) is 11.8 Å². The number of halogens is 1. The van der Waals surface area contributed by atoms with Gasteiger partial charge in [0.15, 0.2) is 11.8 Å². The summed E-state index contributed by atoms with van der Waals surface area (Å²) in [7, 11) is 0. The van der Waals surface area contributed by atoms with E-state index in [-0.39, 0.29) is 23.6 Å². The molecule has 1 aliphatic rings. The zero-order valence-electron chi connectivity index (χ0n) is 16.2. The Kier molecular flexibility index (Phi) is 6.91. The molecule has 0 saturated carbocycles. The quantitative estimate of drug-likeness (QED) is 0.685. The van der Waals surface area contributed by atoms with Crippen molar-refractivity contribution in [3.63, 3.8) is 0 Å². The molecule has 7 nitrogen and oxygen atoms in total. The van der Waals surface area contributed by atoms with E-state index in [9.17, 15) is 14.4 Å². The van der Waals surface area contributed by atoms with Crippen molar-refractivity contribution in [2.24, 2.45) is 4.99 Å². The summed E-state index contributed by atoms with van der Waals surface area (Å²) in [5.41, 5.74) is 2.29. The molecule has 0 unspecified atom stereocenters. The second-order valence-corrected chi connectivity index (χ2v) is 7.82. The fourth-order valence-electron chi connectivity index (χ4n) is 2.44. The third-order valence-electron chi connectivity index (χ3n) is 3.91. The largest absolute Gasteiger partial charge is 0.484 e. The van der Waals surface area contributed by atoms with E-state index in [1.165, 1.54) is 6.92 Å². The van der Waals surface area contributed by atoms with Gasteiger partial charge in [-0.3, -0.25) is 14.4 Å². The summed E-state index contributed by atoms with van der Waals surface area (Å²) in [6.07, 6.45) is 1.67. The van der Waals surface area contributed by atoms with Gasteiger partial charge < -0.3 is 15.4 Å². The molecule has 0 atom stereocenters. The topological polar surface area (TPSA) is 96.9 Å². The number of carbonyl (C=O) groups is 3. The van der Waals surface area contributed by atoms with Crippen LogP contribution in [-0.2, 0) is 14.4 Å². The van der Waals surface area contributed by atoms with Crippen LogP contribution in [0.1, 0.15) is 18.1 Å². The van der Waals surface area contributed by atoms with E-state index in [1.807, 2.05) is 13.0 Å². The van der Waals surface area contributed by atoms with Gasteiger partial charge in [-0.15, -0.1) is 0 Å². The van der Waals surface area contributed by atoms with Gasteiger partial charge in [-0.1, -0.05) is 29.8 Å². The number of carbonyl (C=O) groups excluding carboxylic acids is 3. The van der Waals surface area contributed by atoms with Gasteiger partial charge in [-0.25, -0.2) is 0 Å². The van der Waals surface area contributed by atoms with Crippen LogP contribution in [0, 0.1) is 6.92 Å². The highest BCUT2D eigenvalue weighted by molar-refractivity contribution is 8.18. The Morgan fingerprint density at radius 1 is 1.17 bits per heavy atom. The predicted molar refractivity (Wildman–Crippen MR) is 119 cm³/mol. The minimum atomic E-state index is -0.406. The molecular weight excluding hydrogens is 426 g/mol. The Bertz CT molecular complexity index is 1060. The molecule has 30 heavy (non-hydrogen) atoms. The lowest BCUT2D eigenvalue weighted by atomic mass is 10.2. The summed E-state index contributed by atoms with van der Waals surface area (Å²) in [4.78, 5) is 39.2. The van der Waals surface area contributed by atoms with Crippen LogP contribution < -0.4 is 15.4 Å². The number of amides is 3. The van der Waals surface area contributed by atoms with Crippen molar-refractivity contribution < 1.29 is 19.1 Å². The smallest absolute Gasteiger partial charge is 0.286 e. The molecule has 0 saturated heterocycles. The molecule has 154 valence electrons. The molecule has 0 fully saturated rings. The van der Waals surface area contributed by atoms with Gasteiger partial charge in [0.2, 0.25) is 5.91 Å². The first kappa shape index (κ1) is 21.6. The average molecular weight is 444 g/mol. The molecule has 0 aromatic heterocycles. The number of amidine groups is 1. The summed E-state index contributed by atoms with van der Waals surface area (Å²) >= 11 is 7.15. The van der Waals surface area contributed by atoms with Gasteiger partial charge in [0, 0.05) is 17.6 Å². The Balaban J connectivity index is 1.53. The van der Waals surface area contributed by atoms with E-state index in [0.717, 1.165) is 22.9 Å². The van der Waals surface area contributed by atoms with Crippen LogP contribution >= 0.6 is 23.4 Å². The molecule has 0 bridgehead atoms. The Morgan fingerprint density at radius 2 is 1.90 bits per heavy atom. The first-order valence-electron chi connectivity index (χ1n) is 8.89. The fraction of sp³-hybridized carbons (Fsp3) is 0.143. The number of aliphatic imine (C=N–C) groups is 1. The van der Waals surface area contributed by atoms with Crippen LogP contribution in [0.4, 0.5) is 5.69 Å². The highest BCUT2D eigenvalue weighted by Crippen LogP contribution is 2.28. The fourth-order valence-corrected chi connectivity index (χ4v) is 3.48. The molecule has 3 rings (SSSR count). The maximum atomic E-state index is 12.1. The van der Waals surface area contributed by atoms with Gasteiger partial charge in [-0.2, -0.15) is 4.99 Å². The van der Waals surface area contributed by atoms with Crippen LogP contribution in [0.15, 0.2) is 52.4 Å². The number of rotatable bonds is 5. The van der Waals surface area contributed by atoms with Crippen LogP contribution in [0.3, 0.4) is 0 Å². The van der Waals surface area contributed by atoms with Gasteiger partial charge in [0.05, 0.1) is 4.91 Å². The van der Waals surface area contributed by atoms with E-state index in [2.05, 4.69) is 15.6 Å². The Hall–Kier alpha value is -3.10. The number of ether oxygens (including phenoxy) is 1. The van der Waals surface area contributed by atoms with Crippen molar-refractivity contribution in [3.05, 3.63) is 63.5 Å². The van der Waals surface area contributed by atoms with Crippen LogP contribution in [0.25, 0.3) is 6.08 Å². The van der Waals surface area contributed by atoms with Crippen LogP contribution in [-0.4, -0.2) is 29.5 Å². The zero-order valence-corrected chi connectivity index (χ0v) is 17.8. The van der Waals surface area contributed by atoms with E-state index in [4.69, 9.17) is 16.3 Å². The molecule has 1 aliphatic heterocycles. The van der Waals surface area contributed by atoms with Gasteiger partial charge in [0.1, 0.15) is 5.75 Å². The minimum Gasteiger partial charge on any atom is -0.484 e. The summed E-state index contributed by atoms with van der Waals surface area (Å²) in [5.74, 6) is -0.491. The summed E-state index contributed by atoms with van der Waals surface area (Å²) in [6.45, 7) is 3.07. The molecule has 2 aromatic rings. The lowest BCUT2D eigenvalue weighted by Crippen LogP contribution is -2.23. The molecular formula is C21H18ClN3O4S. The van der Waals surface area contributed by atoms with E-state index in [0.29, 0.717) is 21.4 Å². The lowest BCUT2D eigenvalue weighted by Gasteiger charge is -2.09. The first-order valence-corrected chi connectivity index (χ1v) is 10.1. The lowest BCUT2D eigenvalue weighted by molar-refractivity contribution is -0.118. The highest BCUT2D eigenvalue weighted by atomic mass is 35.5. The molecule has 0 radical (unpaired) electrons. The monoisotopic (exact) mass is 443 g/mol. The predicted octanol–water partition coefficient (Wildman–Crippen LogP) is 3.77. The van der Waals surface area contributed by atoms with Crippen molar-refractivity contribution >= 4 is 58.0 Å². The minimum absolute atomic E-state index is 0.159. The maximum absolute atomic E-state index is 12.1. The van der Waals surface area contributed by atoms with Crippen molar-refractivity contribution in [1.82, 2.24) is 5.32 Å². The number of aryl methyl sites for hydroxylation is 1. The number of hydrogen-bond donors (Lipinski definition) is 2. The number of nitrogens with zero attached hydrogens (tertiary/aromatic N) is 1. The second-order valence-electron chi connectivity index (χ2n) is 6.38. The molecule has 0 aliphatic carbocycles. The van der Waals surface area contributed by atoms with Crippen molar-refractivity contribution in [1.29, 1.82) is 0 Å². The molecule has 3 amide bonds. The maximum Gasteiger partial charge on any atom is 0.286 e. The normalized spacial score (nSPS) is 14.4. The molecule has 1 heterocycles. The number of benzene rings is 2. The number of anilines is 1. The van der Waals surface area contributed by atoms with Crippen LogP contribution in [0.5, 0.6) is 5.75 Å². The van der Waals surface area contributed by atoms with Crippen molar-refractivity contribution in [2.45, 2.75) is 13.8 Å². The van der Waals surface area contributed by atoms with Gasteiger partial charge in [-0.05, 0) is 60.2 Å². The third kappa shape index (κ3) is 5.95. The highest BCUT2D eigenvalue weighted by Gasteiger charge is 2.22. The second kappa shape index (κ2) is 9.60. The SMILES string of the molecule is CC(=O)NC1=NC(=O)C(=Cc2ccc(OCC(=O)Nc3ccc(C)c(Cl)c3)cc2)S1. The average Bonchev–Trinajstić information content (AvgIpc) is 3.02. The number of hydrogen-bond acceptors (Lipinski definition) is 5. The summed E-state index contributed by atoms with van der Waals surface area (Å²) < 4.78 is 5.49. The van der Waals surface area contributed by atoms with E-state index in [1.54, 1.807) is 42.5 Å². The molecule has 2 aromatic carbocycles. The van der Waals surface area contributed by atoms with Gasteiger partial charge >= 0.3 is 0 Å². The third-order valence-corrected chi connectivity index (χ3v) is 5.21. The molecule has 0 spiro atoms. The van der Waals surface area contributed by atoms with Crippen molar-refractivity contribution in [3.8, 4) is 5.75 Å². The first-order chi connectivity index (χ1) is 14.3. The number of nitrogens with one attached hydrogen (secondary N) is 2. The standard InChI is InChI=1S/C21H18ClN3O4S/c1-12-3-6-15(10-17(12)22)24-19(27)11-29-16-7-4-14(5-8-16)9-18-20(28)25-21(30-18)23-13(2)26/h3-10H,11H2,1-2H3,(H,24,27)(H,23,25,26,28). The summed E-state index contributed by atoms with van der Waals surface area (Å²) in [6, 6.07) is 12.2. The molecule has 2 N–H and O–H groups in total. The van der Waals surface area contributed by atoms with Crippen LogP contribution in [0.2, 0.25) is 5.02 Å². The Labute approximate surface area is 182 Å². The number of thioether (sulfide) groups is 1. The Morgan fingerprint density at radius 3 is 2.57 bits per heavy atom. The zero-order chi connectivity index (χ0) is 21.7. The van der Waals surface area contributed by atoms with E-state index < -0.39 is 5.91 Å². The molecule has 9 heteroatoms.